The number of rotatable bonds is 2. The van der Waals surface area contributed by atoms with Crippen molar-refractivity contribution in [1.29, 1.82) is 0 Å². The molecule has 0 aromatic heterocycles. The van der Waals surface area contributed by atoms with Crippen LogP contribution in [0.1, 0.15) is 15.3 Å². The molecule has 0 saturated heterocycles. The Labute approximate surface area is 69.3 Å². The van der Waals surface area contributed by atoms with E-state index in [-0.39, 0.29) is 37.4 Å². The standard InChI is InChI=1S/C4H10O.Cu.Li.H/c1-3-5-4-2;;;/h3-4H2,1-2H3;;;/q;;+1;-1. The van der Waals surface area contributed by atoms with Gasteiger partial charge >= 0.3 is 18.9 Å². The van der Waals surface area contributed by atoms with Gasteiger partial charge in [-0.1, -0.05) is 0 Å². The Morgan fingerprint density at radius 1 is 1.29 bits per heavy atom. The van der Waals surface area contributed by atoms with Crippen LogP contribution in [0.25, 0.3) is 0 Å². The number of hydrogen-bond donors (Lipinski definition) is 0. The Hall–Kier alpha value is 1.08. The number of ether oxygens (including phenoxy) is 1. The van der Waals surface area contributed by atoms with Gasteiger partial charge < -0.3 is 6.16 Å². The molecule has 3 heteroatoms. The summed E-state index contributed by atoms with van der Waals surface area (Å²) in [6, 6.07) is 0. The van der Waals surface area contributed by atoms with E-state index in [1.54, 1.807) is 0 Å². The van der Waals surface area contributed by atoms with Gasteiger partial charge in [0, 0.05) is 30.3 Å². The van der Waals surface area contributed by atoms with Crippen LogP contribution in [0, 0.1) is 0 Å². The van der Waals surface area contributed by atoms with Crippen molar-refractivity contribution in [2.24, 2.45) is 0 Å². The molecule has 1 radical (unpaired) electrons. The summed E-state index contributed by atoms with van der Waals surface area (Å²) in [6.07, 6.45) is 0. The summed E-state index contributed by atoms with van der Waals surface area (Å²) >= 11 is 0. The fraction of sp³-hybridized carbons (Fsp3) is 1.00. The van der Waals surface area contributed by atoms with Gasteiger partial charge in [0.15, 0.2) is 0 Å². The van der Waals surface area contributed by atoms with Gasteiger partial charge in [0.1, 0.15) is 0 Å². The average Bonchev–Trinajstić information content (AvgIpc) is 1.41. The molecule has 0 heterocycles. The van der Waals surface area contributed by atoms with E-state index >= 15 is 0 Å². The second-order valence-corrected chi connectivity index (χ2v) is 0.781. The van der Waals surface area contributed by atoms with E-state index in [1.165, 1.54) is 0 Å². The second-order valence-electron chi connectivity index (χ2n) is 0.781. The van der Waals surface area contributed by atoms with Crippen LogP contribution < -0.4 is 18.9 Å². The van der Waals surface area contributed by atoms with Crippen LogP contribution in [0.15, 0.2) is 0 Å². The molecule has 0 fully saturated rings. The van der Waals surface area contributed by atoms with Gasteiger partial charge in [-0.15, -0.1) is 0 Å². The predicted molar refractivity (Wildman–Crippen MR) is 23.3 cm³/mol. The summed E-state index contributed by atoms with van der Waals surface area (Å²) in [5.74, 6) is 0. The fourth-order valence-electron chi connectivity index (χ4n) is 0.204. The first kappa shape index (κ1) is 15.7. The minimum atomic E-state index is 0. The Balaban J connectivity index is -0.0000000267. The molecule has 0 aliphatic carbocycles. The Morgan fingerprint density at radius 3 is 1.57 bits per heavy atom. The molecule has 0 saturated carbocycles. The van der Waals surface area contributed by atoms with Crippen molar-refractivity contribution < 1.29 is 42.1 Å². The van der Waals surface area contributed by atoms with Gasteiger partial charge in [0.2, 0.25) is 0 Å². The molecule has 0 aliphatic rings. The molecule has 0 aromatic rings. The zero-order valence-corrected chi connectivity index (χ0v) is 6.07. The summed E-state index contributed by atoms with van der Waals surface area (Å²) in [4.78, 5) is 0. The molecule has 0 unspecified atom stereocenters. The van der Waals surface area contributed by atoms with E-state index in [4.69, 9.17) is 4.74 Å². The summed E-state index contributed by atoms with van der Waals surface area (Å²) in [5.41, 5.74) is 0. The van der Waals surface area contributed by atoms with Gasteiger partial charge in [-0.05, 0) is 13.8 Å². The van der Waals surface area contributed by atoms with Gasteiger partial charge in [0.25, 0.3) is 0 Å². The summed E-state index contributed by atoms with van der Waals surface area (Å²) in [5, 5.41) is 0. The summed E-state index contributed by atoms with van der Waals surface area (Å²) in [6.45, 7) is 5.67. The van der Waals surface area contributed by atoms with E-state index in [1.807, 2.05) is 13.8 Å². The Morgan fingerprint density at radius 2 is 1.57 bits per heavy atom. The van der Waals surface area contributed by atoms with Crippen LogP contribution in [0.3, 0.4) is 0 Å². The molecule has 45 valence electrons. The molecule has 0 rings (SSSR count). The molecule has 1 nitrogen and oxygen atoms in total. The third-order valence-electron chi connectivity index (χ3n) is 0.408. The third kappa shape index (κ3) is 19.3. The van der Waals surface area contributed by atoms with Crippen molar-refractivity contribution in [2.75, 3.05) is 13.2 Å². The summed E-state index contributed by atoms with van der Waals surface area (Å²) < 4.78 is 4.83. The molecule has 0 aromatic carbocycles. The van der Waals surface area contributed by atoms with Gasteiger partial charge in [-0.2, -0.15) is 0 Å². The predicted octanol–water partition coefficient (Wildman–Crippen LogP) is -1.84. The topological polar surface area (TPSA) is 9.23 Å². The molecule has 0 atom stereocenters. The maximum absolute atomic E-state index is 4.83. The smallest absolute Gasteiger partial charge is 1.00 e. The van der Waals surface area contributed by atoms with Crippen molar-refractivity contribution in [3.8, 4) is 0 Å². The Bertz CT molecular complexity index is 23.5. The molecular formula is C4H11CuLiO. The first-order valence-electron chi connectivity index (χ1n) is 1.99. The maximum Gasteiger partial charge on any atom is 1.00 e. The van der Waals surface area contributed by atoms with Crippen molar-refractivity contribution in [2.45, 2.75) is 13.8 Å². The summed E-state index contributed by atoms with van der Waals surface area (Å²) in [7, 11) is 0. The third-order valence-corrected chi connectivity index (χ3v) is 0.408. The van der Waals surface area contributed by atoms with Crippen molar-refractivity contribution in [3.05, 3.63) is 0 Å². The van der Waals surface area contributed by atoms with E-state index in [9.17, 15) is 0 Å². The molecule has 7 heavy (non-hydrogen) atoms. The fourth-order valence-corrected chi connectivity index (χ4v) is 0.204. The minimum Gasteiger partial charge on any atom is -1.00 e. The van der Waals surface area contributed by atoms with Crippen molar-refractivity contribution in [1.82, 2.24) is 0 Å². The van der Waals surface area contributed by atoms with Crippen LogP contribution >= 0.6 is 0 Å². The minimum absolute atomic E-state index is 0. The van der Waals surface area contributed by atoms with Crippen LogP contribution in [-0.4, -0.2) is 13.2 Å². The van der Waals surface area contributed by atoms with Crippen LogP contribution in [0.5, 0.6) is 0 Å². The molecule has 0 bridgehead atoms. The zero-order valence-electron chi connectivity index (χ0n) is 6.12. The molecule has 0 N–H and O–H groups in total. The Kier molecular flexibility index (Phi) is 35.3. The van der Waals surface area contributed by atoms with Crippen molar-refractivity contribution in [3.63, 3.8) is 0 Å². The van der Waals surface area contributed by atoms with E-state index in [0.29, 0.717) is 0 Å². The van der Waals surface area contributed by atoms with Crippen LogP contribution in [0.4, 0.5) is 0 Å². The van der Waals surface area contributed by atoms with Crippen LogP contribution in [0.2, 0.25) is 0 Å². The average molecular weight is 146 g/mol. The van der Waals surface area contributed by atoms with Gasteiger partial charge in [-0.25, -0.2) is 0 Å². The molecule has 0 spiro atoms. The van der Waals surface area contributed by atoms with E-state index < -0.39 is 0 Å². The maximum atomic E-state index is 4.83. The van der Waals surface area contributed by atoms with E-state index in [2.05, 4.69) is 0 Å². The monoisotopic (exact) mass is 145 g/mol. The normalized spacial score (nSPS) is 6.00. The number of hydrogen-bond acceptors (Lipinski definition) is 1. The molecule has 0 aliphatic heterocycles. The molecular weight excluding hydrogens is 135 g/mol. The SMILES string of the molecule is CCOCC.[Cu].[H-].[Li+]. The van der Waals surface area contributed by atoms with E-state index in [0.717, 1.165) is 13.2 Å². The first-order valence-corrected chi connectivity index (χ1v) is 1.99. The quantitative estimate of drug-likeness (QED) is 0.415. The first-order chi connectivity index (χ1) is 2.41. The van der Waals surface area contributed by atoms with Crippen LogP contribution in [-0.2, 0) is 21.8 Å². The second kappa shape index (κ2) is 15.7. The molecule has 0 amide bonds. The largest absolute Gasteiger partial charge is 1.00 e. The van der Waals surface area contributed by atoms with Gasteiger partial charge in [0.05, 0.1) is 0 Å². The van der Waals surface area contributed by atoms with Crippen molar-refractivity contribution >= 4 is 0 Å². The van der Waals surface area contributed by atoms with Gasteiger partial charge in [-0.3, -0.25) is 0 Å². The zero-order chi connectivity index (χ0) is 4.12.